The van der Waals surface area contributed by atoms with Crippen molar-refractivity contribution >= 4 is 11.3 Å². The maximum atomic E-state index is 5.52. The minimum atomic E-state index is -0.0768. The highest BCUT2D eigenvalue weighted by Crippen LogP contribution is 2.47. The molecule has 1 atom stereocenters. The lowest BCUT2D eigenvalue weighted by Gasteiger charge is -2.34. The van der Waals surface area contributed by atoms with Gasteiger partial charge in [-0.15, -0.1) is 11.3 Å². The predicted molar refractivity (Wildman–Crippen MR) is 76.1 cm³/mol. The van der Waals surface area contributed by atoms with E-state index in [0.29, 0.717) is 18.6 Å². The van der Waals surface area contributed by atoms with Gasteiger partial charge in [0.25, 0.3) is 0 Å². The molecule has 2 rings (SSSR count). The van der Waals surface area contributed by atoms with Crippen molar-refractivity contribution in [3.05, 3.63) is 15.6 Å². The third-order valence-electron chi connectivity index (χ3n) is 3.60. The summed E-state index contributed by atoms with van der Waals surface area (Å²) in [6.45, 7) is 9.34. The van der Waals surface area contributed by atoms with Gasteiger partial charge < -0.3 is 10.1 Å². The topological polar surface area (TPSA) is 34.1 Å². The lowest BCUT2D eigenvalue weighted by atomic mass is 9.93. The van der Waals surface area contributed by atoms with E-state index in [2.05, 4.69) is 33.0 Å². The van der Waals surface area contributed by atoms with Crippen LogP contribution in [-0.4, -0.2) is 24.7 Å². The summed E-state index contributed by atoms with van der Waals surface area (Å²) in [7, 11) is 1.78. The van der Waals surface area contributed by atoms with Crippen molar-refractivity contribution in [1.29, 1.82) is 0 Å². The van der Waals surface area contributed by atoms with E-state index in [1.807, 2.05) is 11.3 Å². The van der Waals surface area contributed by atoms with Gasteiger partial charge in [0, 0.05) is 18.0 Å². The van der Waals surface area contributed by atoms with Crippen molar-refractivity contribution in [3.63, 3.8) is 0 Å². The van der Waals surface area contributed by atoms with E-state index in [1.54, 1.807) is 7.11 Å². The van der Waals surface area contributed by atoms with E-state index in [4.69, 9.17) is 9.72 Å². The van der Waals surface area contributed by atoms with Gasteiger partial charge in [-0.25, -0.2) is 4.98 Å². The van der Waals surface area contributed by atoms with Crippen LogP contribution in [0.25, 0.3) is 0 Å². The number of nitrogens with one attached hydrogen (secondary N) is 1. The lowest BCUT2D eigenvalue weighted by Crippen LogP contribution is -2.51. The molecular weight excluding hydrogens is 244 g/mol. The second-order valence-electron chi connectivity index (χ2n) is 5.64. The Morgan fingerprint density at radius 1 is 1.44 bits per heavy atom. The minimum absolute atomic E-state index is 0.0768. The second kappa shape index (κ2) is 5.27. The maximum absolute atomic E-state index is 5.52. The van der Waals surface area contributed by atoms with Crippen LogP contribution >= 0.6 is 11.3 Å². The largest absolute Gasteiger partial charge is 0.382 e. The number of thiazole rings is 1. The number of nitrogens with zero attached hydrogens (tertiary/aromatic N) is 1. The van der Waals surface area contributed by atoms with Gasteiger partial charge in [0.1, 0.15) is 5.01 Å². The quantitative estimate of drug-likeness (QED) is 0.861. The first-order valence-electron chi connectivity index (χ1n) is 6.70. The van der Waals surface area contributed by atoms with Crippen LogP contribution in [0.3, 0.4) is 0 Å². The molecule has 1 aromatic heterocycles. The molecule has 1 aromatic rings. The zero-order valence-corrected chi connectivity index (χ0v) is 12.9. The Hall–Kier alpha value is -0.450. The molecule has 4 heteroatoms. The Balaban J connectivity index is 2.38. The average molecular weight is 268 g/mol. The fourth-order valence-electron chi connectivity index (χ4n) is 2.56. The zero-order valence-electron chi connectivity index (χ0n) is 12.0. The molecule has 0 aromatic carbocycles. The molecule has 1 aliphatic carbocycles. The molecule has 102 valence electrons. The van der Waals surface area contributed by atoms with E-state index in [9.17, 15) is 0 Å². The van der Waals surface area contributed by atoms with Crippen LogP contribution in [0.4, 0.5) is 0 Å². The Kier molecular flexibility index (Phi) is 4.09. The van der Waals surface area contributed by atoms with Crippen molar-refractivity contribution in [3.8, 4) is 0 Å². The van der Waals surface area contributed by atoms with Crippen LogP contribution < -0.4 is 5.32 Å². The third-order valence-corrected chi connectivity index (χ3v) is 4.85. The molecule has 1 N–H and O–H groups in total. The molecular formula is C14H24N2OS. The van der Waals surface area contributed by atoms with Gasteiger partial charge in [0.05, 0.1) is 17.8 Å². The number of aromatic nitrogens is 1. The normalized spacial score (nSPS) is 19.2. The number of aryl methyl sites for hydroxylation is 2. The lowest BCUT2D eigenvalue weighted by molar-refractivity contribution is 0.0861. The van der Waals surface area contributed by atoms with Crippen molar-refractivity contribution in [2.45, 2.75) is 52.1 Å². The van der Waals surface area contributed by atoms with Gasteiger partial charge in [-0.05, 0) is 46.5 Å². The van der Waals surface area contributed by atoms with Crippen LogP contribution in [0, 0.1) is 19.8 Å². The number of rotatable bonds is 6. The van der Waals surface area contributed by atoms with Gasteiger partial charge in [-0.3, -0.25) is 0 Å². The SMILES string of the molecule is COCC(NC(C)C)(c1nc(C)c(C)s1)C1CC1. The first-order chi connectivity index (χ1) is 8.49. The Bertz CT molecular complexity index is 392. The number of hydrogen-bond donors (Lipinski definition) is 1. The van der Waals surface area contributed by atoms with Crippen LogP contribution in [0.2, 0.25) is 0 Å². The summed E-state index contributed by atoms with van der Waals surface area (Å²) in [4.78, 5) is 6.11. The highest BCUT2D eigenvalue weighted by Gasteiger charge is 2.49. The molecule has 0 radical (unpaired) electrons. The molecule has 1 heterocycles. The maximum Gasteiger partial charge on any atom is 0.116 e. The fraction of sp³-hybridized carbons (Fsp3) is 0.786. The molecule has 1 unspecified atom stereocenters. The molecule has 0 saturated heterocycles. The van der Waals surface area contributed by atoms with Crippen LogP contribution in [0.15, 0.2) is 0 Å². The highest BCUT2D eigenvalue weighted by atomic mass is 32.1. The molecule has 0 amide bonds. The zero-order chi connectivity index (χ0) is 13.3. The van der Waals surface area contributed by atoms with E-state index in [-0.39, 0.29) is 5.54 Å². The van der Waals surface area contributed by atoms with Crippen molar-refractivity contribution in [1.82, 2.24) is 10.3 Å². The second-order valence-corrected chi connectivity index (χ2v) is 6.84. The van der Waals surface area contributed by atoms with E-state index >= 15 is 0 Å². The molecule has 0 bridgehead atoms. The van der Waals surface area contributed by atoms with Gasteiger partial charge in [-0.2, -0.15) is 0 Å². The van der Waals surface area contributed by atoms with Crippen molar-refractivity contribution < 1.29 is 4.74 Å². The number of methoxy groups -OCH3 is 1. The summed E-state index contributed by atoms with van der Waals surface area (Å²) >= 11 is 1.82. The monoisotopic (exact) mass is 268 g/mol. The van der Waals surface area contributed by atoms with Crippen molar-refractivity contribution in [2.24, 2.45) is 5.92 Å². The molecule has 1 aliphatic rings. The summed E-state index contributed by atoms with van der Waals surface area (Å²) < 4.78 is 5.52. The van der Waals surface area contributed by atoms with E-state index in [1.165, 1.54) is 22.7 Å². The number of hydrogen-bond acceptors (Lipinski definition) is 4. The summed E-state index contributed by atoms with van der Waals surface area (Å²) in [6.07, 6.45) is 2.56. The Labute approximate surface area is 114 Å². The van der Waals surface area contributed by atoms with Gasteiger partial charge in [-0.1, -0.05) is 0 Å². The Morgan fingerprint density at radius 3 is 2.50 bits per heavy atom. The van der Waals surface area contributed by atoms with Gasteiger partial charge >= 0.3 is 0 Å². The van der Waals surface area contributed by atoms with Gasteiger partial charge in [0.15, 0.2) is 0 Å². The molecule has 0 aliphatic heterocycles. The van der Waals surface area contributed by atoms with E-state index < -0.39 is 0 Å². The molecule has 1 fully saturated rings. The highest BCUT2D eigenvalue weighted by molar-refractivity contribution is 7.11. The summed E-state index contributed by atoms with van der Waals surface area (Å²) in [6, 6.07) is 0.435. The first-order valence-corrected chi connectivity index (χ1v) is 7.52. The standard InChI is InChI=1S/C14H24N2OS/c1-9(2)16-14(8-17-5,12-6-7-12)13-15-10(3)11(4)18-13/h9,12,16H,6-8H2,1-5H3. The molecule has 3 nitrogen and oxygen atoms in total. The summed E-state index contributed by atoms with van der Waals surface area (Å²) in [5, 5.41) is 4.94. The van der Waals surface area contributed by atoms with Crippen molar-refractivity contribution in [2.75, 3.05) is 13.7 Å². The predicted octanol–water partition coefficient (Wildman–Crippen LogP) is 3.01. The van der Waals surface area contributed by atoms with Crippen LogP contribution in [0.5, 0.6) is 0 Å². The molecule has 0 spiro atoms. The fourth-order valence-corrected chi connectivity index (χ4v) is 3.69. The molecule has 1 saturated carbocycles. The summed E-state index contributed by atoms with van der Waals surface area (Å²) in [5.74, 6) is 0.671. The van der Waals surface area contributed by atoms with Crippen LogP contribution in [-0.2, 0) is 10.3 Å². The minimum Gasteiger partial charge on any atom is -0.382 e. The smallest absolute Gasteiger partial charge is 0.116 e. The number of ether oxygens (including phenoxy) is 1. The van der Waals surface area contributed by atoms with E-state index in [0.717, 1.165) is 5.69 Å². The average Bonchev–Trinajstić information content (AvgIpc) is 3.06. The third kappa shape index (κ3) is 2.60. The van der Waals surface area contributed by atoms with Crippen LogP contribution in [0.1, 0.15) is 42.3 Å². The first kappa shape index (κ1) is 14.0. The molecule has 18 heavy (non-hydrogen) atoms. The summed E-state index contributed by atoms with van der Waals surface area (Å²) in [5.41, 5.74) is 1.08. The van der Waals surface area contributed by atoms with Gasteiger partial charge in [0.2, 0.25) is 0 Å². The Morgan fingerprint density at radius 2 is 2.11 bits per heavy atom.